The number of hydrogen-bond donors (Lipinski definition) is 1. The maximum atomic E-state index is 12.1. The van der Waals surface area contributed by atoms with E-state index in [-0.39, 0.29) is 11.1 Å². The maximum absolute atomic E-state index is 12.1. The van der Waals surface area contributed by atoms with Gasteiger partial charge in [0.05, 0.1) is 23.0 Å². The third-order valence-corrected chi connectivity index (χ3v) is 3.53. The Labute approximate surface area is 124 Å². The van der Waals surface area contributed by atoms with Crippen LogP contribution in [-0.2, 0) is 0 Å². The topological polar surface area (TPSA) is 54.9 Å². The third kappa shape index (κ3) is 3.59. The molecule has 0 aliphatic heterocycles. The molecule has 1 aromatic carbocycles. The van der Waals surface area contributed by atoms with Gasteiger partial charge in [-0.05, 0) is 24.5 Å². The molecule has 2 aromatic rings. The van der Waals surface area contributed by atoms with Gasteiger partial charge in [0.25, 0.3) is 5.91 Å². The molecule has 0 unspecified atom stereocenters. The number of nitrogens with one attached hydrogen (secondary N) is 1. The lowest BCUT2D eigenvalue weighted by molar-refractivity contribution is 0.102. The Bertz CT molecular complexity index is 604. The molecule has 0 atom stereocenters. The van der Waals surface area contributed by atoms with Crippen molar-refractivity contribution >= 4 is 46.7 Å². The third-order valence-electron chi connectivity index (χ3n) is 2.28. The van der Waals surface area contributed by atoms with Gasteiger partial charge in [-0.2, -0.15) is 0 Å². The van der Waals surface area contributed by atoms with E-state index < -0.39 is 0 Å². The number of carbonyl (C=O) groups excluding carboxylic acids is 1. The van der Waals surface area contributed by atoms with E-state index in [2.05, 4.69) is 15.3 Å². The molecular weight excluding hydrogens is 305 g/mol. The Morgan fingerprint density at radius 2 is 2.05 bits per heavy atom. The first-order chi connectivity index (χ1) is 9.10. The molecule has 0 radical (unpaired) electrons. The number of carbonyl (C=O) groups is 1. The zero-order valence-electron chi connectivity index (χ0n) is 9.85. The number of amides is 1. The first-order valence-electron chi connectivity index (χ1n) is 5.22. The Hall–Kier alpha value is -1.30. The van der Waals surface area contributed by atoms with Gasteiger partial charge < -0.3 is 5.32 Å². The van der Waals surface area contributed by atoms with Gasteiger partial charge in [0, 0.05) is 4.90 Å². The number of anilines is 1. The SMILES string of the molecule is CSc1ccc(Cl)c(C(=O)Nc2cnc(Cl)cn2)c1. The van der Waals surface area contributed by atoms with E-state index in [0.29, 0.717) is 16.4 Å². The monoisotopic (exact) mass is 313 g/mol. The van der Waals surface area contributed by atoms with Crippen LogP contribution in [0.15, 0.2) is 35.5 Å². The minimum atomic E-state index is -0.336. The lowest BCUT2D eigenvalue weighted by Gasteiger charge is -2.07. The van der Waals surface area contributed by atoms with Gasteiger partial charge in [-0.25, -0.2) is 9.97 Å². The summed E-state index contributed by atoms with van der Waals surface area (Å²) in [6.45, 7) is 0. The second kappa shape index (κ2) is 6.23. The molecule has 0 saturated heterocycles. The van der Waals surface area contributed by atoms with Crippen molar-refractivity contribution in [1.29, 1.82) is 0 Å². The van der Waals surface area contributed by atoms with Gasteiger partial charge in [0.1, 0.15) is 5.15 Å². The fraction of sp³-hybridized carbons (Fsp3) is 0.0833. The van der Waals surface area contributed by atoms with E-state index in [0.717, 1.165) is 4.90 Å². The molecule has 19 heavy (non-hydrogen) atoms. The Morgan fingerprint density at radius 3 is 2.68 bits per heavy atom. The fourth-order valence-corrected chi connectivity index (χ4v) is 2.11. The minimum Gasteiger partial charge on any atom is -0.305 e. The molecule has 4 nitrogen and oxygen atoms in total. The van der Waals surface area contributed by atoms with Gasteiger partial charge in [0.2, 0.25) is 0 Å². The van der Waals surface area contributed by atoms with Crippen LogP contribution in [-0.4, -0.2) is 22.1 Å². The molecule has 0 aliphatic rings. The molecule has 0 fully saturated rings. The van der Waals surface area contributed by atoms with Gasteiger partial charge in [-0.15, -0.1) is 11.8 Å². The highest BCUT2D eigenvalue weighted by atomic mass is 35.5. The quantitative estimate of drug-likeness (QED) is 0.877. The highest BCUT2D eigenvalue weighted by molar-refractivity contribution is 7.98. The fourth-order valence-electron chi connectivity index (χ4n) is 1.37. The highest BCUT2D eigenvalue weighted by Crippen LogP contribution is 2.23. The lowest BCUT2D eigenvalue weighted by atomic mass is 10.2. The number of aromatic nitrogens is 2. The summed E-state index contributed by atoms with van der Waals surface area (Å²) >= 11 is 13.2. The van der Waals surface area contributed by atoms with Crippen molar-refractivity contribution in [2.24, 2.45) is 0 Å². The molecule has 0 bridgehead atoms. The lowest BCUT2D eigenvalue weighted by Crippen LogP contribution is -2.13. The summed E-state index contributed by atoms with van der Waals surface area (Å²) in [5.74, 6) is -0.0162. The van der Waals surface area contributed by atoms with Gasteiger partial charge in [-0.3, -0.25) is 4.79 Å². The van der Waals surface area contributed by atoms with Crippen LogP contribution in [0.4, 0.5) is 5.82 Å². The van der Waals surface area contributed by atoms with Crippen molar-refractivity contribution in [2.45, 2.75) is 4.90 Å². The largest absolute Gasteiger partial charge is 0.305 e. The van der Waals surface area contributed by atoms with Crippen molar-refractivity contribution < 1.29 is 4.79 Å². The van der Waals surface area contributed by atoms with Crippen LogP contribution in [0.25, 0.3) is 0 Å². The van der Waals surface area contributed by atoms with Crippen molar-refractivity contribution in [2.75, 3.05) is 11.6 Å². The van der Waals surface area contributed by atoms with Crippen molar-refractivity contribution in [3.63, 3.8) is 0 Å². The molecule has 0 spiro atoms. The smallest absolute Gasteiger partial charge is 0.258 e. The molecule has 1 heterocycles. The van der Waals surface area contributed by atoms with Crippen molar-refractivity contribution in [3.8, 4) is 0 Å². The molecule has 98 valence electrons. The summed E-state index contributed by atoms with van der Waals surface area (Å²) in [6, 6.07) is 5.27. The number of rotatable bonds is 3. The van der Waals surface area contributed by atoms with Gasteiger partial charge in [0.15, 0.2) is 5.82 Å². The summed E-state index contributed by atoms with van der Waals surface area (Å²) in [5.41, 5.74) is 0.394. The maximum Gasteiger partial charge on any atom is 0.258 e. The van der Waals surface area contributed by atoms with E-state index in [1.165, 1.54) is 24.2 Å². The van der Waals surface area contributed by atoms with E-state index in [9.17, 15) is 4.79 Å². The molecule has 1 aromatic heterocycles. The molecule has 7 heteroatoms. The summed E-state index contributed by atoms with van der Waals surface area (Å²) < 4.78 is 0. The van der Waals surface area contributed by atoms with Crippen molar-refractivity contribution in [3.05, 3.63) is 46.3 Å². The number of benzene rings is 1. The molecule has 0 saturated carbocycles. The second-order valence-corrected chi connectivity index (χ2v) is 5.20. The van der Waals surface area contributed by atoms with E-state index in [1.807, 2.05) is 12.3 Å². The standard InChI is InChI=1S/C12H9Cl2N3OS/c1-19-7-2-3-9(13)8(4-7)12(18)17-11-6-15-10(14)5-16-11/h2-6H,1H3,(H,16,17,18). The molecule has 2 rings (SSSR count). The summed E-state index contributed by atoms with van der Waals surface area (Å²) in [5, 5.41) is 3.26. The molecule has 0 aliphatic carbocycles. The minimum absolute atomic E-state index is 0.264. The van der Waals surface area contributed by atoms with Crippen LogP contribution in [0.2, 0.25) is 10.2 Å². The predicted molar refractivity (Wildman–Crippen MR) is 78.2 cm³/mol. The van der Waals surface area contributed by atoms with Crippen LogP contribution < -0.4 is 5.32 Å². The summed E-state index contributed by atoms with van der Waals surface area (Å²) in [6.07, 6.45) is 4.67. The first-order valence-corrected chi connectivity index (χ1v) is 7.20. The van der Waals surface area contributed by atoms with E-state index >= 15 is 0 Å². The van der Waals surface area contributed by atoms with Crippen LogP contribution in [0.1, 0.15) is 10.4 Å². The van der Waals surface area contributed by atoms with Crippen LogP contribution in [0.5, 0.6) is 0 Å². The first kappa shape index (κ1) is 14.1. The van der Waals surface area contributed by atoms with Crippen LogP contribution in [0.3, 0.4) is 0 Å². The number of hydrogen-bond acceptors (Lipinski definition) is 4. The van der Waals surface area contributed by atoms with Gasteiger partial charge in [-0.1, -0.05) is 23.2 Å². The van der Waals surface area contributed by atoms with Crippen LogP contribution in [0, 0.1) is 0 Å². The average Bonchev–Trinajstić information content (AvgIpc) is 2.42. The van der Waals surface area contributed by atoms with E-state index in [1.54, 1.807) is 12.1 Å². The Morgan fingerprint density at radius 1 is 1.26 bits per heavy atom. The number of nitrogens with zero attached hydrogens (tertiary/aromatic N) is 2. The normalized spacial score (nSPS) is 10.3. The Balaban J connectivity index is 2.22. The number of thioether (sulfide) groups is 1. The molecule has 1 amide bonds. The molecular formula is C12H9Cl2N3OS. The predicted octanol–water partition coefficient (Wildman–Crippen LogP) is 3.76. The summed E-state index contributed by atoms with van der Waals surface area (Å²) in [7, 11) is 0. The van der Waals surface area contributed by atoms with Crippen molar-refractivity contribution in [1.82, 2.24) is 9.97 Å². The second-order valence-electron chi connectivity index (χ2n) is 3.52. The van der Waals surface area contributed by atoms with Crippen LogP contribution >= 0.6 is 35.0 Å². The highest BCUT2D eigenvalue weighted by Gasteiger charge is 2.12. The zero-order valence-corrected chi connectivity index (χ0v) is 12.2. The van der Waals surface area contributed by atoms with E-state index in [4.69, 9.17) is 23.2 Å². The Kier molecular flexibility index (Phi) is 4.63. The zero-order chi connectivity index (χ0) is 13.8. The average molecular weight is 314 g/mol. The van der Waals surface area contributed by atoms with Gasteiger partial charge >= 0.3 is 0 Å². The number of halogens is 2. The summed E-state index contributed by atoms with van der Waals surface area (Å²) in [4.78, 5) is 20.8. The molecule has 1 N–H and O–H groups in total.